The van der Waals surface area contributed by atoms with Crippen LogP contribution in [-0.4, -0.2) is 26.7 Å². The van der Waals surface area contributed by atoms with Crippen molar-refractivity contribution in [3.05, 3.63) is 18.2 Å². The van der Waals surface area contributed by atoms with E-state index >= 15 is 0 Å². The van der Waals surface area contributed by atoms with Gasteiger partial charge in [-0.2, -0.15) is 0 Å². The molecule has 1 rings (SSSR count). The summed E-state index contributed by atoms with van der Waals surface area (Å²) in [6.07, 6.45) is 0. The van der Waals surface area contributed by atoms with E-state index in [4.69, 9.17) is 15.6 Å². The number of carbonyl (C=O) groups is 1. The molecule has 18 heavy (non-hydrogen) atoms. The first kappa shape index (κ1) is 14.8. The Hall–Kier alpha value is -1.25. The SMILES string of the molecule is CCOC(=O)CSc1cc(S(N)(=O)=O)ccc1N. The summed E-state index contributed by atoms with van der Waals surface area (Å²) in [7, 11) is -3.78. The largest absolute Gasteiger partial charge is 0.465 e. The number of esters is 1. The number of primary sulfonamides is 1. The quantitative estimate of drug-likeness (QED) is 0.466. The van der Waals surface area contributed by atoms with Crippen LogP contribution in [0, 0.1) is 0 Å². The van der Waals surface area contributed by atoms with E-state index in [1.54, 1.807) is 6.92 Å². The molecule has 0 amide bonds. The number of carbonyl (C=O) groups excluding carboxylic acids is 1. The van der Waals surface area contributed by atoms with Crippen molar-refractivity contribution in [2.45, 2.75) is 16.7 Å². The molecule has 0 heterocycles. The Labute approximate surface area is 110 Å². The molecule has 0 atom stereocenters. The number of nitrogens with two attached hydrogens (primary N) is 2. The number of benzene rings is 1. The van der Waals surface area contributed by atoms with Gasteiger partial charge in [0.1, 0.15) is 0 Å². The summed E-state index contributed by atoms with van der Waals surface area (Å²) < 4.78 is 27.1. The second-order valence-corrected chi connectivity index (χ2v) is 5.92. The Balaban J connectivity index is 2.86. The number of hydrogen-bond acceptors (Lipinski definition) is 6. The predicted molar refractivity (Wildman–Crippen MR) is 69.6 cm³/mol. The molecule has 8 heteroatoms. The van der Waals surface area contributed by atoms with Crippen LogP contribution in [0.15, 0.2) is 28.0 Å². The molecular formula is C10H14N2O4S2. The maximum atomic E-state index is 11.2. The second-order valence-electron chi connectivity index (χ2n) is 3.34. The molecule has 0 spiro atoms. The van der Waals surface area contributed by atoms with Crippen molar-refractivity contribution in [3.63, 3.8) is 0 Å². The molecule has 4 N–H and O–H groups in total. The molecule has 1 aromatic carbocycles. The Morgan fingerprint density at radius 1 is 1.44 bits per heavy atom. The third kappa shape index (κ3) is 4.21. The van der Waals surface area contributed by atoms with Crippen molar-refractivity contribution in [2.75, 3.05) is 18.1 Å². The Morgan fingerprint density at radius 3 is 2.67 bits per heavy atom. The van der Waals surface area contributed by atoms with Gasteiger partial charge in [-0.25, -0.2) is 13.6 Å². The summed E-state index contributed by atoms with van der Waals surface area (Å²) in [4.78, 5) is 11.6. The van der Waals surface area contributed by atoms with E-state index in [1.165, 1.54) is 18.2 Å². The molecule has 0 aliphatic heterocycles. The van der Waals surface area contributed by atoms with Crippen LogP contribution >= 0.6 is 11.8 Å². The van der Waals surface area contributed by atoms with Crippen LogP contribution in [0.2, 0.25) is 0 Å². The first-order valence-electron chi connectivity index (χ1n) is 5.05. The smallest absolute Gasteiger partial charge is 0.316 e. The molecule has 0 aliphatic rings. The Bertz CT molecular complexity index is 543. The molecule has 0 fully saturated rings. The standard InChI is InChI=1S/C10H14N2O4S2/c1-2-16-10(13)6-17-9-5-7(18(12,14)15)3-4-8(9)11/h3-5H,2,6,11H2,1H3,(H2,12,14,15). The highest BCUT2D eigenvalue weighted by Crippen LogP contribution is 2.27. The van der Waals surface area contributed by atoms with Gasteiger partial charge in [0.05, 0.1) is 17.3 Å². The topological polar surface area (TPSA) is 112 Å². The van der Waals surface area contributed by atoms with Gasteiger partial charge in [0.2, 0.25) is 10.0 Å². The number of sulfonamides is 1. The minimum Gasteiger partial charge on any atom is -0.465 e. The van der Waals surface area contributed by atoms with E-state index < -0.39 is 10.0 Å². The Kier molecular flexibility index (Phi) is 5.00. The summed E-state index contributed by atoms with van der Waals surface area (Å²) in [5.74, 6) is -0.325. The molecule has 6 nitrogen and oxygen atoms in total. The Morgan fingerprint density at radius 2 is 2.11 bits per heavy atom. The van der Waals surface area contributed by atoms with E-state index in [0.717, 1.165) is 11.8 Å². The van der Waals surface area contributed by atoms with Gasteiger partial charge in [0.25, 0.3) is 0 Å². The van der Waals surface area contributed by atoms with E-state index in [2.05, 4.69) is 0 Å². The van der Waals surface area contributed by atoms with Gasteiger partial charge < -0.3 is 10.5 Å². The van der Waals surface area contributed by atoms with Crippen molar-refractivity contribution < 1.29 is 17.9 Å². The zero-order valence-electron chi connectivity index (χ0n) is 9.75. The van der Waals surface area contributed by atoms with Gasteiger partial charge in [0, 0.05) is 10.6 Å². The lowest BCUT2D eigenvalue weighted by molar-refractivity contribution is -0.139. The fourth-order valence-corrected chi connectivity index (χ4v) is 2.57. The third-order valence-corrected chi connectivity index (χ3v) is 3.92. The van der Waals surface area contributed by atoms with Crippen LogP contribution < -0.4 is 10.9 Å². The zero-order valence-corrected chi connectivity index (χ0v) is 11.4. The van der Waals surface area contributed by atoms with Crippen molar-refractivity contribution >= 4 is 33.4 Å². The lowest BCUT2D eigenvalue weighted by Gasteiger charge is -2.07. The van der Waals surface area contributed by atoms with Crippen LogP contribution in [-0.2, 0) is 19.6 Å². The molecule has 1 aromatic rings. The molecule has 0 unspecified atom stereocenters. The molecular weight excluding hydrogens is 276 g/mol. The normalized spacial score (nSPS) is 11.2. The molecule has 0 aromatic heterocycles. The lowest BCUT2D eigenvalue weighted by atomic mass is 10.3. The zero-order chi connectivity index (χ0) is 13.8. The van der Waals surface area contributed by atoms with Crippen LogP contribution in [0.3, 0.4) is 0 Å². The molecule has 0 aliphatic carbocycles. The second kappa shape index (κ2) is 6.07. The molecule has 0 bridgehead atoms. The summed E-state index contributed by atoms with van der Waals surface area (Å²) in [5.41, 5.74) is 6.07. The van der Waals surface area contributed by atoms with E-state index in [-0.39, 0.29) is 16.6 Å². The number of nitrogen functional groups attached to an aromatic ring is 1. The summed E-state index contributed by atoms with van der Waals surface area (Å²) in [5, 5.41) is 5.01. The fraction of sp³-hybridized carbons (Fsp3) is 0.300. The third-order valence-electron chi connectivity index (χ3n) is 1.96. The average molecular weight is 290 g/mol. The van der Waals surface area contributed by atoms with Gasteiger partial charge in [-0.15, -0.1) is 11.8 Å². The molecule has 100 valence electrons. The van der Waals surface area contributed by atoms with E-state index in [1.807, 2.05) is 0 Å². The number of rotatable bonds is 5. The number of ether oxygens (including phenoxy) is 1. The minimum atomic E-state index is -3.78. The van der Waals surface area contributed by atoms with Gasteiger partial charge in [-0.1, -0.05) is 0 Å². The first-order valence-corrected chi connectivity index (χ1v) is 7.58. The molecule has 0 radical (unpaired) electrons. The van der Waals surface area contributed by atoms with Crippen LogP contribution in [0.25, 0.3) is 0 Å². The average Bonchev–Trinajstić information content (AvgIpc) is 2.26. The maximum Gasteiger partial charge on any atom is 0.316 e. The highest BCUT2D eigenvalue weighted by molar-refractivity contribution is 8.00. The number of anilines is 1. The lowest BCUT2D eigenvalue weighted by Crippen LogP contribution is -2.12. The monoisotopic (exact) mass is 290 g/mol. The summed E-state index contributed by atoms with van der Waals surface area (Å²) >= 11 is 1.11. The van der Waals surface area contributed by atoms with Crippen LogP contribution in [0.1, 0.15) is 6.92 Å². The minimum absolute atomic E-state index is 0.0388. The maximum absolute atomic E-state index is 11.2. The predicted octanol–water partition coefficient (Wildman–Crippen LogP) is 0.571. The summed E-state index contributed by atoms with van der Waals surface area (Å²) in [6.45, 7) is 2.00. The van der Waals surface area contributed by atoms with Crippen LogP contribution in [0.5, 0.6) is 0 Å². The highest BCUT2D eigenvalue weighted by atomic mass is 32.2. The van der Waals surface area contributed by atoms with Crippen molar-refractivity contribution in [1.82, 2.24) is 0 Å². The van der Waals surface area contributed by atoms with Gasteiger partial charge in [0.15, 0.2) is 0 Å². The van der Waals surface area contributed by atoms with Gasteiger partial charge in [-0.05, 0) is 25.1 Å². The summed E-state index contributed by atoms with van der Waals surface area (Å²) in [6, 6.07) is 4.10. The molecule has 0 saturated heterocycles. The van der Waals surface area contributed by atoms with Crippen molar-refractivity contribution in [2.24, 2.45) is 5.14 Å². The van der Waals surface area contributed by atoms with E-state index in [9.17, 15) is 13.2 Å². The van der Waals surface area contributed by atoms with E-state index in [0.29, 0.717) is 17.2 Å². The molecule has 0 saturated carbocycles. The first-order chi connectivity index (χ1) is 8.34. The highest BCUT2D eigenvalue weighted by Gasteiger charge is 2.12. The van der Waals surface area contributed by atoms with Crippen molar-refractivity contribution in [1.29, 1.82) is 0 Å². The number of thioether (sulfide) groups is 1. The fourth-order valence-electron chi connectivity index (χ4n) is 1.16. The number of hydrogen-bond donors (Lipinski definition) is 2. The van der Waals surface area contributed by atoms with Gasteiger partial charge in [-0.3, -0.25) is 4.79 Å². The van der Waals surface area contributed by atoms with Crippen molar-refractivity contribution in [3.8, 4) is 0 Å². The van der Waals surface area contributed by atoms with Crippen LogP contribution in [0.4, 0.5) is 5.69 Å². The van der Waals surface area contributed by atoms with Gasteiger partial charge >= 0.3 is 5.97 Å².